The van der Waals surface area contributed by atoms with Gasteiger partial charge in [-0.1, -0.05) is 19.9 Å². The molecule has 0 N–H and O–H groups in total. The van der Waals surface area contributed by atoms with Gasteiger partial charge in [0.15, 0.2) is 0 Å². The molecule has 2 aliphatic rings. The van der Waals surface area contributed by atoms with E-state index in [1.165, 1.54) is 0 Å². The van der Waals surface area contributed by atoms with Crippen molar-refractivity contribution in [1.82, 2.24) is 4.90 Å². The van der Waals surface area contributed by atoms with Crippen molar-refractivity contribution in [3.63, 3.8) is 0 Å². The highest BCUT2D eigenvalue weighted by atomic mass is 16.7. The van der Waals surface area contributed by atoms with Crippen LogP contribution in [-0.2, 0) is 14.0 Å². The first-order valence-electron chi connectivity index (χ1n) is 8.85. The molecule has 0 bridgehead atoms. The van der Waals surface area contributed by atoms with E-state index in [2.05, 4.69) is 34.6 Å². The first-order chi connectivity index (χ1) is 10.8. The zero-order valence-electron chi connectivity index (χ0n) is 16.4. The van der Waals surface area contributed by atoms with Crippen molar-refractivity contribution in [3.8, 4) is 0 Å². The van der Waals surface area contributed by atoms with Crippen molar-refractivity contribution in [1.29, 1.82) is 0 Å². The number of hydrogen-bond donors (Lipinski definition) is 0. The topological polar surface area (TPSA) is 48.0 Å². The average molecular weight is 337 g/mol. The molecule has 1 atom stereocenters. The highest BCUT2D eigenvalue weighted by Crippen LogP contribution is 2.43. The molecular formula is C18H32BNO4. The van der Waals surface area contributed by atoms with Crippen molar-refractivity contribution >= 4 is 13.2 Å². The summed E-state index contributed by atoms with van der Waals surface area (Å²) in [4.78, 5) is 13.9. The molecule has 5 nitrogen and oxygen atoms in total. The van der Waals surface area contributed by atoms with Crippen LogP contribution in [0.15, 0.2) is 11.5 Å². The van der Waals surface area contributed by atoms with E-state index in [9.17, 15) is 4.79 Å². The maximum Gasteiger partial charge on any atom is 0.492 e. The fourth-order valence-corrected chi connectivity index (χ4v) is 3.23. The quantitative estimate of drug-likeness (QED) is 0.735. The minimum atomic E-state index is -0.488. The predicted molar refractivity (Wildman–Crippen MR) is 95.8 cm³/mol. The van der Waals surface area contributed by atoms with Gasteiger partial charge in [0.2, 0.25) is 0 Å². The van der Waals surface area contributed by atoms with E-state index in [-0.39, 0.29) is 17.3 Å². The molecule has 2 rings (SSSR count). The summed E-state index contributed by atoms with van der Waals surface area (Å²) in [6.07, 6.45) is 2.65. The normalized spacial score (nSPS) is 27.0. The maximum absolute atomic E-state index is 12.2. The van der Waals surface area contributed by atoms with Crippen molar-refractivity contribution < 1.29 is 18.8 Å². The Labute approximate surface area is 146 Å². The first-order valence-corrected chi connectivity index (χ1v) is 8.85. The van der Waals surface area contributed by atoms with Gasteiger partial charge < -0.3 is 18.9 Å². The Morgan fingerprint density at radius 2 is 1.96 bits per heavy atom. The van der Waals surface area contributed by atoms with Gasteiger partial charge in [0.1, 0.15) is 5.60 Å². The fraction of sp³-hybridized carbons (Fsp3) is 0.833. The maximum atomic E-state index is 12.2. The van der Waals surface area contributed by atoms with Crippen LogP contribution in [0.4, 0.5) is 4.79 Å². The number of carbonyl (C=O) groups excluding carboxylic acids is 1. The number of nitrogens with zero attached hydrogens (tertiary/aromatic N) is 1. The largest absolute Gasteiger partial charge is 0.492 e. The Balaban J connectivity index is 2.01. The van der Waals surface area contributed by atoms with E-state index in [0.717, 1.165) is 11.9 Å². The number of rotatable bonds is 3. The van der Waals surface area contributed by atoms with E-state index in [0.29, 0.717) is 19.0 Å². The Kier molecular flexibility index (Phi) is 5.13. The molecule has 24 heavy (non-hydrogen) atoms. The number of amides is 1. The first kappa shape index (κ1) is 19.3. The summed E-state index contributed by atoms with van der Waals surface area (Å²) in [5.41, 5.74) is -0.201. The van der Waals surface area contributed by atoms with Crippen LogP contribution in [0.1, 0.15) is 61.8 Å². The van der Waals surface area contributed by atoms with Gasteiger partial charge in [0.05, 0.1) is 11.2 Å². The van der Waals surface area contributed by atoms with Crippen LogP contribution in [-0.4, -0.2) is 48.0 Å². The third-order valence-electron chi connectivity index (χ3n) is 4.74. The number of ether oxygens (including phenoxy) is 1. The van der Waals surface area contributed by atoms with Crippen LogP contribution < -0.4 is 0 Å². The lowest BCUT2D eigenvalue weighted by Crippen LogP contribution is -2.45. The molecule has 0 spiro atoms. The highest BCUT2D eigenvalue weighted by molar-refractivity contribution is 6.55. The summed E-state index contributed by atoms with van der Waals surface area (Å²) in [6, 6.07) is 0. The molecule has 1 saturated heterocycles. The van der Waals surface area contributed by atoms with Crippen LogP contribution in [0, 0.1) is 5.92 Å². The van der Waals surface area contributed by atoms with E-state index in [1.54, 1.807) is 4.90 Å². The zero-order valence-corrected chi connectivity index (χ0v) is 16.4. The molecule has 0 aromatic carbocycles. The highest BCUT2D eigenvalue weighted by Gasteiger charge is 2.55. The summed E-state index contributed by atoms with van der Waals surface area (Å²) in [5.74, 6) is 0.521. The minimum Gasteiger partial charge on any atom is -0.444 e. The molecule has 0 aliphatic carbocycles. The molecule has 1 amide bonds. The van der Waals surface area contributed by atoms with E-state index >= 15 is 0 Å². The molecule has 0 radical (unpaired) electrons. The van der Waals surface area contributed by atoms with Crippen molar-refractivity contribution in [2.24, 2.45) is 5.92 Å². The lowest BCUT2D eigenvalue weighted by molar-refractivity contribution is -0.0239. The average Bonchev–Trinajstić information content (AvgIpc) is 2.90. The van der Waals surface area contributed by atoms with Gasteiger partial charge in [-0.2, -0.15) is 0 Å². The van der Waals surface area contributed by atoms with Crippen LogP contribution in [0.25, 0.3) is 0 Å². The van der Waals surface area contributed by atoms with Gasteiger partial charge in [-0.05, 0) is 59.4 Å². The molecule has 1 fully saturated rings. The SMILES string of the molecule is CC(C)CC1(C)OB(C2=CCN(C(=O)OC(C)(C)C)C2)OC1(C)C. The van der Waals surface area contributed by atoms with Gasteiger partial charge in [-0.25, -0.2) is 4.79 Å². The molecule has 2 aliphatic heterocycles. The van der Waals surface area contributed by atoms with Crippen LogP contribution in [0.3, 0.4) is 0 Å². The molecule has 136 valence electrons. The van der Waals surface area contributed by atoms with E-state index in [4.69, 9.17) is 14.0 Å². The summed E-state index contributed by atoms with van der Waals surface area (Å²) in [5, 5.41) is 0. The molecule has 6 heteroatoms. The second-order valence-electron chi connectivity index (χ2n) is 9.05. The van der Waals surface area contributed by atoms with Gasteiger partial charge in [0.25, 0.3) is 0 Å². The third kappa shape index (κ3) is 4.15. The summed E-state index contributed by atoms with van der Waals surface area (Å²) < 4.78 is 18.0. The third-order valence-corrected chi connectivity index (χ3v) is 4.74. The molecule has 1 unspecified atom stereocenters. The summed E-state index contributed by atoms with van der Waals surface area (Å²) >= 11 is 0. The molecule has 0 aromatic heterocycles. The molecule has 0 saturated carbocycles. The number of hydrogen-bond acceptors (Lipinski definition) is 4. The number of carbonyl (C=O) groups is 1. The van der Waals surface area contributed by atoms with Crippen molar-refractivity contribution in [2.45, 2.75) is 78.6 Å². The Hall–Kier alpha value is -1.01. The summed E-state index contributed by atoms with van der Waals surface area (Å²) in [6.45, 7) is 17.3. The second-order valence-corrected chi connectivity index (χ2v) is 9.05. The van der Waals surface area contributed by atoms with Gasteiger partial charge in [0, 0.05) is 13.1 Å². The van der Waals surface area contributed by atoms with E-state index < -0.39 is 12.7 Å². The Bertz CT molecular complexity index is 524. The van der Waals surface area contributed by atoms with Crippen LogP contribution in [0.2, 0.25) is 0 Å². The Morgan fingerprint density at radius 1 is 1.33 bits per heavy atom. The Morgan fingerprint density at radius 3 is 2.50 bits per heavy atom. The lowest BCUT2D eigenvalue weighted by atomic mass is 9.78. The minimum absolute atomic E-state index is 0.295. The lowest BCUT2D eigenvalue weighted by Gasteiger charge is -2.37. The van der Waals surface area contributed by atoms with Crippen LogP contribution in [0.5, 0.6) is 0 Å². The molecule has 2 heterocycles. The monoisotopic (exact) mass is 337 g/mol. The smallest absolute Gasteiger partial charge is 0.444 e. The van der Waals surface area contributed by atoms with E-state index in [1.807, 2.05) is 26.8 Å². The predicted octanol–water partition coefficient (Wildman–Crippen LogP) is 3.82. The van der Waals surface area contributed by atoms with Gasteiger partial charge in [-0.3, -0.25) is 0 Å². The zero-order chi connectivity index (χ0) is 18.3. The van der Waals surface area contributed by atoms with Crippen molar-refractivity contribution in [3.05, 3.63) is 11.5 Å². The van der Waals surface area contributed by atoms with Gasteiger partial charge >= 0.3 is 13.2 Å². The second kappa shape index (κ2) is 6.38. The van der Waals surface area contributed by atoms with Gasteiger partial charge in [-0.15, -0.1) is 0 Å². The standard InChI is InChI=1S/C18H32BNO4/c1-13(2)11-18(8)17(6,7)23-19(24-18)14-9-10-20(12-14)15(21)22-16(3,4)5/h9,13H,10-12H2,1-8H3. The summed E-state index contributed by atoms with van der Waals surface area (Å²) in [7, 11) is -0.392. The molecule has 0 aromatic rings. The molecular weight excluding hydrogens is 305 g/mol. The fourth-order valence-electron chi connectivity index (χ4n) is 3.23. The van der Waals surface area contributed by atoms with Crippen molar-refractivity contribution in [2.75, 3.05) is 13.1 Å². The van der Waals surface area contributed by atoms with Crippen LogP contribution >= 0.6 is 0 Å².